The Hall–Kier alpha value is -3.14. The second-order valence-electron chi connectivity index (χ2n) is 7.14. The van der Waals surface area contributed by atoms with Crippen LogP contribution in [0.4, 0.5) is 0 Å². The summed E-state index contributed by atoms with van der Waals surface area (Å²) in [6, 6.07) is 15.9. The van der Waals surface area contributed by atoms with Gasteiger partial charge in [-0.25, -0.2) is 9.59 Å². The monoisotopic (exact) mass is 394 g/mol. The molecule has 0 unspecified atom stereocenters. The van der Waals surface area contributed by atoms with Crippen molar-refractivity contribution in [1.29, 1.82) is 0 Å². The van der Waals surface area contributed by atoms with Crippen LogP contribution in [0.3, 0.4) is 0 Å². The fourth-order valence-electron chi connectivity index (χ4n) is 2.58. The summed E-state index contributed by atoms with van der Waals surface area (Å²) < 4.78 is 4.45. The lowest BCUT2D eigenvalue weighted by molar-refractivity contribution is -0.135. The molecule has 2 aromatic carbocycles. The lowest BCUT2D eigenvalue weighted by Gasteiger charge is -2.13. The molecular weight excluding hydrogens is 364 g/mol. The maximum absolute atomic E-state index is 10.7. The van der Waals surface area contributed by atoms with Gasteiger partial charge in [0, 0.05) is 12.2 Å². The molecule has 154 valence electrons. The Kier molecular flexibility index (Phi) is 10.2. The summed E-state index contributed by atoms with van der Waals surface area (Å²) in [6.07, 6.45) is 6.00. The van der Waals surface area contributed by atoms with Crippen molar-refractivity contribution in [3.63, 3.8) is 0 Å². The van der Waals surface area contributed by atoms with Gasteiger partial charge >= 0.3 is 11.9 Å². The van der Waals surface area contributed by atoms with E-state index in [1.54, 1.807) is 12.2 Å². The number of hydrogen-bond acceptors (Lipinski definition) is 3. The van der Waals surface area contributed by atoms with Crippen LogP contribution in [-0.2, 0) is 14.3 Å². The second-order valence-corrected chi connectivity index (χ2v) is 7.14. The fraction of sp³-hybridized carbons (Fsp3) is 0.280. The smallest absolute Gasteiger partial charge is 0.330 e. The molecule has 0 spiro atoms. The van der Waals surface area contributed by atoms with E-state index in [2.05, 4.69) is 50.6 Å². The summed E-state index contributed by atoms with van der Waals surface area (Å²) in [5.41, 5.74) is 4.42. The number of benzene rings is 2. The molecule has 0 radical (unpaired) electrons. The Morgan fingerprint density at radius 3 is 2.07 bits per heavy atom. The zero-order valence-electron chi connectivity index (χ0n) is 17.8. The number of carbonyl (C=O) groups is 2. The van der Waals surface area contributed by atoms with E-state index in [9.17, 15) is 9.59 Å². The zero-order chi connectivity index (χ0) is 21.8. The van der Waals surface area contributed by atoms with Gasteiger partial charge in [-0.05, 0) is 46.2 Å². The lowest BCUT2D eigenvalue weighted by Crippen LogP contribution is -1.96. The SMILES string of the molecule is CC(C)c1ccc(C(C)C)c(/C=C/C(=O)O)c1.COC(=O)/C=C/c1ccccc1. The molecule has 0 saturated heterocycles. The van der Waals surface area contributed by atoms with Crippen molar-refractivity contribution in [3.8, 4) is 0 Å². The molecule has 0 aliphatic rings. The Morgan fingerprint density at radius 2 is 1.55 bits per heavy atom. The average Bonchev–Trinajstić information content (AvgIpc) is 2.71. The summed E-state index contributed by atoms with van der Waals surface area (Å²) in [5.74, 6) is -0.397. The van der Waals surface area contributed by atoms with Crippen molar-refractivity contribution in [2.45, 2.75) is 39.5 Å². The summed E-state index contributed by atoms with van der Waals surface area (Å²) in [4.78, 5) is 21.3. The molecule has 2 aromatic rings. The first-order chi connectivity index (χ1) is 13.7. The van der Waals surface area contributed by atoms with E-state index in [0.717, 1.165) is 11.1 Å². The predicted octanol–water partition coefficient (Wildman–Crippen LogP) is 5.90. The van der Waals surface area contributed by atoms with Gasteiger partial charge in [-0.15, -0.1) is 0 Å². The van der Waals surface area contributed by atoms with E-state index in [0.29, 0.717) is 11.8 Å². The topological polar surface area (TPSA) is 63.6 Å². The highest BCUT2D eigenvalue weighted by molar-refractivity contribution is 5.87. The first-order valence-electron chi connectivity index (χ1n) is 9.60. The van der Waals surface area contributed by atoms with Crippen molar-refractivity contribution in [2.75, 3.05) is 7.11 Å². The number of carboxylic acid groups (broad SMARTS) is 1. The third-order valence-electron chi connectivity index (χ3n) is 4.22. The van der Waals surface area contributed by atoms with E-state index in [4.69, 9.17) is 5.11 Å². The maximum Gasteiger partial charge on any atom is 0.330 e. The van der Waals surface area contributed by atoms with Crippen LogP contribution in [0, 0.1) is 0 Å². The van der Waals surface area contributed by atoms with Crippen molar-refractivity contribution in [3.05, 3.63) is 82.9 Å². The van der Waals surface area contributed by atoms with Crippen LogP contribution in [0.25, 0.3) is 12.2 Å². The van der Waals surface area contributed by atoms with Crippen LogP contribution in [-0.4, -0.2) is 24.2 Å². The highest BCUT2D eigenvalue weighted by Gasteiger charge is 2.07. The van der Waals surface area contributed by atoms with Crippen LogP contribution < -0.4 is 0 Å². The summed E-state index contributed by atoms with van der Waals surface area (Å²) in [5, 5.41) is 8.70. The van der Waals surface area contributed by atoms with Gasteiger partial charge in [0.2, 0.25) is 0 Å². The van der Waals surface area contributed by atoms with Gasteiger partial charge in [0.1, 0.15) is 0 Å². The third kappa shape index (κ3) is 9.06. The molecule has 0 aliphatic carbocycles. The highest BCUT2D eigenvalue weighted by Crippen LogP contribution is 2.25. The molecular formula is C25H30O4. The molecule has 0 amide bonds. The molecule has 4 heteroatoms. The van der Waals surface area contributed by atoms with Crippen LogP contribution >= 0.6 is 0 Å². The second kappa shape index (κ2) is 12.3. The molecule has 4 nitrogen and oxygen atoms in total. The van der Waals surface area contributed by atoms with E-state index in [1.807, 2.05) is 30.3 Å². The minimum Gasteiger partial charge on any atom is -0.478 e. The van der Waals surface area contributed by atoms with Gasteiger partial charge in [-0.3, -0.25) is 0 Å². The van der Waals surface area contributed by atoms with Crippen molar-refractivity contribution in [1.82, 2.24) is 0 Å². The number of ether oxygens (including phenoxy) is 1. The number of methoxy groups -OCH3 is 1. The number of carboxylic acids is 1. The summed E-state index contributed by atoms with van der Waals surface area (Å²) >= 11 is 0. The minimum atomic E-state index is -0.908. The maximum atomic E-state index is 10.7. The molecule has 0 aliphatic heterocycles. The van der Waals surface area contributed by atoms with E-state index >= 15 is 0 Å². The Balaban J connectivity index is 0.000000308. The summed E-state index contributed by atoms with van der Waals surface area (Å²) in [6.45, 7) is 8.50. The Morgan fingerprint density at radius 1 is 0.897 bits per heavy atom. The molecule has 2 rings (SSSR count). The number of carbonyl (C=O) groups excluding carboxylic acids is 1. The predicted molar refractivity (Wildman–Crippen MR) is 119 cm³/mol. The van der Waals surface area contributed by atoms with Gasteiger partial charge < -0.3 is 9.84 Å². The molecule has 0 fully saturated rings. The largest absolute Gasteiger partial charge is 0.478 e. The standard InChI is InChI=1S/C15H20O2.C10H10O2/c1-10(2)12-5-7-14(11(3)4)13(9-12)6-8-15(16)17;1-12-10(11)8-7-9-5-3-2-4-6-9/h5-11H,1-4H3,(H,16,17);2-8H,1H3/b8-6+;8-7+. The van der Waals surface area contributed by atoms with Crippen molar-refractivity contribution in [2.24, 2.45) is 0 Å². The van der Waals surface area contributed by atoms with E-state index < -0.39 is 5.97 Å². The highest BCUT2D eigenvalue weighted by atomic mass is 16.5. The van der Waals surface area contributed by atoms with Crippen LogP contribution in [0.15, 0.2) is 60.7 Å². The quantitative estimate of drug-likeness (QED) is 0.489. The van der Waals surface area contributed by atoms with Crippen LogP contribution in [0.5, 0.6) is 0 Å². The Labute approximate surface area is 173 Å². The molecule has 0 atom stereocenters. The zero-order valence-corrected chi connectivity index (χ0v) is 17.8. The molecule has 29 heavy (non-hydrogen) atoms. The first-order valence-corrected chi connectivity index (χ1v) is 9.60. The molecule has 0 heterocycles. The average molecular weight is 395 g/mol. The van der Waals surface area contributed by atoms with Crippen molar-refractivity contribution >= 4 is 24.1 Å². The summed E-state index contributed by atoms with van der Waals surface area (Å²) in [7, 11) is 1.36. The number of esters is 1. The number of rotatable bonds is 6. The van der Waals surface area contributed by atoms with Gasteiger partial charge in [0.15, 0.2) is 0 Å². The van der Waals surface area contributed by atoms with Crippen LogP contribution in [0.1, 0.15) is 61.8 Å². The van der Waals surface area contributed by atoms with Gasteiger partial charge in [-0.2, -0.15) is 0 Å². The molecule has 0 saturated carbocycles. The number of aliphatic carboxylic acids is 1. The fourth-order valence-corrected chi connectivity index (χ4v) is 2.58. The number of hydrogen-bond donors (Lipinski definition) is 1. The van der Waals surface area contributed by atoms with E-state index in [-0.39, 0.29) is 5.97 Å². The lowest BCUT2D eigenvalue weighted by atomic mass is 9.92. The van der Waals surface area contributed by atoms with E-state index in [1.165, 1.54) is 30.4 Å². The molecule has 1 N–H and O–H groups in total. The minimum absolute atomic E-state index is 0.334. The van der Waals surface area contributed by atoms with Gasteiger partial charge in [-0.1, -0.05) is 76.2 Å². The van der Waals surface area contributed by atoms with Crippen molar-refractivity contribution < 1.29 is 19.4 Å². The molecule has 0 bridgehead atoms. The first kappa shape index (κ1) is 23.9. The van der Waals surface area contributed by atoms with Gasteiger partial charge in [0.25, 0.3) is 0 Å². The van der Waals surface area contributed by atoms with Crippen LogP contribution in [0.2, 0.25) is 0 Å². The molecule has 0 aromatic heterocycles. The third-order valence-corrected chi connectivity index (χ3v) is 4.22. The van der Waals surface area contributed by atoms with Gasteiger partial charge in [0.05, 0.1) is 7.11 Å². The Bertz CT molecular complexity index is 846. The normalized spacial score (nSPS) is 11.0.